The number of nitrogens with one attached hydrogen (secondary N) is 1. The zero-order valence-corrected chi connectivity index (χ0v) is 12.0. The molecule has 4 nitrogen and oxygen atoms in total. The van der Waals surface area contributed by atoms with Gasteiger partial charge in [-0.2, -0.15) is 5.26 Å². The molecule has 0 aromatic rings. The lowest BCUT2D eigenvalue weighted by molar-refractivity contribution is 0.0516. The Morgan fingerprint density at radius 2 is 2.28 bits per heavy atom. The molecule has 0 bridgehead atoms. The summed E-state index contributed by atoms with van der Waals surface area (Å²) in [5.41, 5.74) is 0. The first-order valence-corrected chi connectivity index (χ1v) is 7.15. The lowest BCUT2D eigenvalue weighted by Gasteiger charge is -2.24. The van der Waals surface area contributed by atoms with Crippen LogP contribution in [0.4, 0.5) is 0 Å². The van der Waals surface area contributed by atoms with Crippen LogP contribution < -0.4 is 5.32 Å². The van der Waals surface area contributed by atoms with Gasteiger partial charge in [-0.25, -0.2) is 0 Å². The zero-order valence-electron chi connectivity index (χ0n) is 12.0. The normalized spacial score (nSPS) is 23.6. The van der Waals surface area contributed by atoms with Crippen LogP contribution in [-0.2, 0) is 4.74 Å². The second-order valence-corrected chi connectivity index (χ2v) is 5.35. The van der Waals surface area contributed by atoms with Crippen LogP contribution >= 0.6 is 0 Å². The molecule has 1 rings (SSSR count). The van der Waals surface area contributed by atoms with Crippen LogP contribution in [0.25, 0.3) is 0 Å². The molecule has 0 spiro atoms. The first kappa shape index (κ1) is 15.4. The van der Waals surface area contributed by atoms with Gasteiger partial charge in [-0.1, -0.05) is 6.92 Å². The molecule has 0 aliphatic carbocycles. The van der Waals surface area contributed by atoms with Gasteiger partial charge in [0.15, 0.2) is 0 Å². The SMILES string of the molecule is CCC1CN(CCC(C#N)NC(C)C)CCCO1. The molecule has 0 amide bonds. The zero-order chi connectivity index (χ0) is 13.4. The third kappa shape index (κ3) is 5.81. The van der Waals surface area contributed by atoms with E-state index in [9.17, 15) is 0 Å². The van der Waals surface area contributed by atoms with Gasteiger partial charge in [-0.15, -0.1) is 0 Å². The fraction of sp³-hybridized carbons (Fsp3) is 0.929. The summed E-state index contributed by atoms with van der Waals surface area (Å²) >= 11 is 0. The molecule has 104 valence electrons. The molecular formula is C14H27N3O. The predicted molar refractivity (Wildman–Crippen MR) is 73.4 cm³/mol. The maximum Gasteiger partial charge on any atom is 0.0967 e. The van der Waals surface area contributed by atoms with Gasteiger partial charge in [0.05, 0.1) is 18.2 Å². The maximum atomic E-state index is 9.10. The Morgan fingerprint density at radius 1 is 1.50 bits per heavy atom. The number of ether oxygens (including phenoxy) is 1. The van der Waals surface area contributed by atoms with Crippen LogP contribution in [0.2, 0.25) is 0 Å². The van der Waals surface area contributed by atoms with E-state index in [1.54, 1.807) is 0 Å². The van der Waals surface area contributed by atoms with Gasteiger partial charge in [0, 0.05) is 32.3 Å². The van der Waals surface area contributed by atoms with Gasteiger partial charge in [0.1, 0.15) is 0 Å². The first-order valence-electron chi connectivity index (χ1n) is 7.15. The topological polar surface area (TPSA) is 48.3 Å². The Hall–Kier alpha value is -0.630. The third-order valence-corrected chi connectivity index (χ3v) is 3.31. The smallest absolute Gasteiger partial charge is 0.0967 e. The van der Waals surface area contributed by atoms with Gasteiger partial charge in [-0.3, -0.25) is 5.32 Å². The second-order valence-electron chi connectivity index (χ2n) is 5.35. The Balaban J connectivity index is 2.34. The van der Waals surface area contributed by atoms with Crippen LogP contribution in [0.5, 0.6) is 0 Å². The lowest BCUT2D eigenvalue weighted by Crippen LogP contribution is -2.38. The molecule has 0 radical (unpaired) electrons. The molecule has 2 atom stereocenters. The van der Waals surface area contributed by atoms with Crippen molar-refractivity contribution < 1.29 is 4.74 Å². The van der Waals surface area contributed by atoms with Crippen molar-refractivity contribution in [2.24, 2.45) is 0 Å². The summed E-state index contributed by atoms with van der Waals surface area (Å²) in [5.74, 6) is 0. The Labute approximate surface area is 111 Å². The van der Waals surface area contributed by atoms with Gasteiger partial charge in [0.25, 0.3) is 0 Å². The van der Waals surface area contributed by atoms with Gasteiger partial charge >= 0.3 is 0 Å². The van der Waals surface area contributed by atoms with E-state index in [0.717, 1.165) is 45.5 Å². The third-order valence-electron chi connectivity index (χ3n) is 3.31. The molecule has 1 aliphatic rings. The highest BCUT2D eigenvalue weighted by Gasteiger charge is 2.18. The summed E-state index contributed by atoms with van der Waals surface area (Å²) in [6.07, 6.45) is 3.44. The first-order chi connectivity index (χ1) is 8.65. The highest BCUT2D eigenvalue weighted by molar-refractivity contribution is 4.91. The summed E-state index contributed by atoms with van der Waals surface area (Å²) < 4.78 is 5.76. The largest absolute Gasteiger partial charge is 0.377 e. The second kappa shape index (κ2) is 8.47. The van der Waals surface area contributed by atoms with E-state index in [1.807, 2.05) is 0 Å². The fourth-order valence-electron chi connectivity index (χ4n) is 2.32. The van der Waals surface area contributed by atoms with Crippen LogP contribution in [0.3, 0.4) is 0 Å². The minimum atomic E-state index is -0.0331. The van der Waals surface area contributed by atoms with Gasteiger partial charge in [0.2, 0.25) is 0 Å². The van der Waals surface area contributed by atoms with Gasteiger partial charge in [-0.05, 0) is 33.1 Å². The lowest BCUT2D eigenvalue weighted by atomic mass is 10.2. The van der Waals surface area contributed by atoms with Crippen molar-refractivity contribution in [2.75, 3.05) is 26.2 Å². The summed E-state index contributed by atoms with van der Waals surface area (Å²) in [5, 5.41) is 12.4. The molecule has 1 saturated heterocycles. The Kier molecular flexibility index (Phi) is 7.26. The molecular weight excluding hydrogens is 226 g/mol. The monoisotopic (exact) mass is 253 g/mol. The van der Waals surface area contributed by atoms with E-state index in [1.165, 1.54) is 0 Å². The number of hydrogen-bond acceptors (Lipinski definition) is 4. The van der Waals surface area contributed by atoms with Crippen molar-refractivity contribution in [3.05, 3.63) is 0 Å². The van der Waals surface area contributed by atoms with E-state index in [0.29, 0.717) is 12.1 Å². The van der Waals surface area contributed by atoms with Crippen molar-refractivity contribution in [1.82, 2.24) is 10.2 Å². The highest BCUT2D eigenvalue weighted by atomic mass is 16.5. The minimum Gasteiger partial charge on any atom is -0.377 e. The van der Waals surface area contributed by atoms with Crippen molar-refractivity contribution >= 4 is 0 Å². The minimum absolute atomic E-state index is 0.0331. The Bertz CT molecular complexity index is 262. The molecule has 1 aliphatic heterocycles. The van der Waals surface area contributed by atoms with E-state index >= 15 is 0 Å². The fourth-order valence-corrected chi connectivity index (χ4v) is 2.32. The number of rotatable bonds is 6. The van der Waals surface area contributed by atoms with Crippen molar-refractivity contribution in [2.45, 2.75) is 58.2 Å². The highest BCUT2D eigenvalue weighted by Crippen LogP contribution is 2.09. The summed E-state index contributed by atoms with van der Waals surface area (Å²) in [7, 11) is 0. The molecule has 0 aromatic carbocycles. The van der Waals surface area contributed by atoms with Crippen LogP contribution in [0, 0.1) is 11.3 Å². The van der Waals surface area contributed by atoms with Crippen molar-refractivity contribution in [1.29, 1.82) is 5.26 Å². The average Bonchev–Trinajstić information content (AvgIpc) is 2.59. The van der Waals surface area contributed by atoms with E-state index in [-0.39, 0.29) is 6.04 Å². The number of nitriles is 1. The standard InChI is InChI=1S/C14H27N3O/c1-4-14-11-17(7-5-9-18-14)8-6-13(10-15)16-12(2)3/h12-14,16H,4-9,11H2,1-3H3. The number of hydrogen-bond donors (Lipinski definition) is 1. The predicted octanol–water partition coefficient (Wildman–Crippen LogP) is 1.77. The average molecular weight is 253 g/mol. The van der Waals surface area contributed by atoms with Gasteiger partial charge < -0.3 is 9.64 Å². The molecule has 1 fully saturated rings. The molecule has 1 heterocycles. The maximum absolute atomic E-state index is 9.10. The number of nitrogens with zero attached hydrogens (tertiary/aromatic N) is 2. The van der Waals surface area contributed by atoms with Crippen LogP contribution in [0.15, 0.2) is 0 Å². The quantitative estimate of drug-likeness (QED) is 0.783. The molecule has 0 saturated carbocycles. The van der Waals surface area contributed by atoms with E-state index in [2.05, 4.69) is 37.1 Å². The summed E-state index contributed by atoms with van der Waals surface area (Å²) in [4.78, 5) is 2.44. The van der Waals surface area contributed by atoms with E-state index < -0.39 is 0 Å². The molecule has 1 N–H and O–H groups in total. The Morgan fingerprint density at radius 3 is 2.89 bits per heavy atom. The van der Waals surface area contributed by atoms with Crippen molar-refractivity contribution in [3.63, 3.8) is 0 Å². The summed E-state index contributed by atoms with van der Waals surface area (Å²) in [6, 6.07) is 2.68. The molecule has 18 heavy (non-hydrogen) atoms. The molecule has 0 aromatic heterocycles. The van der Waals surface area contributed by atoms with Crippen molar-refractivity contribution in [3.8, 4) is 6.07 Å². The molecule has 4 heteroatoms. The van der Waals surface area contributed by atoms with Crippen LogP contribution in [-0.4, -0.2) is 49.3 Å². The van der Waals surface area contributed by atoms with Crippen LogP contribution in [0.1, 0.15) is 40.0 Å². The summed E-state index contributed by atoms with van der Waals surface area (Å²) in [6.45, 7) is 10.3. The van der Waals surface area contributed by atoms with E-state index in [4.69, 9.17) is 10.00 Å². The molecule has 2 unspecified atom stereocenters.